The van der Waals surface area contributed by atoms with Crippen LogP contribution in [0.4, 0.5) is 5.00 Å². The van der Waals surface area contributed by atoms with Crippen LogP contribution in [0.25, 0.3) is 10.1 Å². The van der Waals surface area contributed by atoms with E-state index in [4.69, 9.17) is 5.11 Å². The maximum absolute atomic E-state index is 11.8. The van der Waals surface area contributed by atoms with Crippen LogP contribution in [-0.4, -0.2) is 33.2 Å². The molecule has 0 aliphatic heterocycles. The minimum atomic E-state index is -1.36. The molecule has 3 rings (SSSR count). The lowest BCUT2D eigenvalue weighted by atomic mass is 10.1. The molecule has 1 aromatic carbocycles. The van der Waals surface area contributed by atoms with Crippen molar-refractivity contribution in [3.05, 3.63) is 23.3 Å². The molecule has 1 aliphatic carbocycles. The number of nitrogens with one attached hydrogen (secondary N) is 1. The van der Waals surface area contributed by atoms with Crippen molar-refractivity contribution in [2.75, 3.05) is 5.32 Å². The highest BCUT2D eigenvalue weighted by Crippen LogP contribution is 2.40. The van der Waals surface area contributed by atoms with Crippen molar-refractivity contribution in [3.8, 4) is 5.75 Å². The first-order valence-electron chi connectivity index (χ1n) is 6.45. The van der Waals surface area contributed by atoms with Gasteiger partial charge < -0.3 is 20.6 Å². The maximum atomic E-state index is 11.8. The number of carbonyl (C=O) groups excluding carboxylic acids is 1. The molecule has 1 amide bonds. The summed E-state index contributed by atoms with van der Waals surface area (Å²) in [6.07, 6.45) is 1.56. The van der Waals surface area contributed by atoms with E-state index >= 15 is 0 Å². The van der Waals surface area contributed by atoms with Gasteiger partial charge in [-0.25, -0.2) is 9.59 Å². The van der Waals surface area contributed by atoms with E-state index in [1.54, 1.807) is 0 Å². The number of carboxylic acids is 2. The van der Waals surface area contributed by atoms with Crippen LogP contribution in [0.1, 0.15) is 33.6 Å². The van der Waals surface area contributed by atoms with E-state index in [1.807, 2.05) is 0 Å². The van der Waals surface area contributed by atoms with Crippen molar-refractivity contribution < 1.29 is 29.7 Å². The van der Waals surface area contributed by atoms with E-state index in [1.165, 1.54) is 6.07 Å². The van der Waals surface area contributed by atoms with E-state index < -0.39 is 17.7 Å². The predicted octanol–water partition coefficient (Wildman–Crippen LogP) is 2.35. The van der Waals surface area contributed by atoms with E-state index in [0.29, 0.717) is 4.70 Å². The SMILES string of the molecule is O=C(O)c1cc2c(C(=O)O)c(NC(=O)C3CC3)sc2cc1O. The van der Waals surface area contributed by atoms with Gasteiger partial charge in [-0.05, 0) is 25.0 Å². The van der Waals surface area contributed by atoms with Gasteiger partial charge in [-0.2, -0.15) is 0 Å². The number of hydrogen-bond acceptors (Lipinski definition) is 5. The molecule has 7 nitrogen and oxygen atoms in total. The summed E-state index contributed by atoms with van der Waals surface area (Å²) in [7, 11) is 0. The molecule has 0 atom stereocenters. The molecule has 114 valence electrons. The highest BCUT2D eigenvalue weighted by Gasteiger charge is 2.31. The molecule has 4 N–H and O–H groups in total. The minimum Gasteiger partial charge on any atom is -0.507 e. The summed E-state index contributed by atoms with van der Waals surface area (Å²) in [5.41, 5.74) is -0.538. The summed E-state index contributed by atoms with van der Waals surface area (Å²) >= 11 is 0.995. The standard InChI is InChI=1S/C14H11NO6S/c16-8-4-9-7(3-6(8)13(18)19)10(14(20)21)12(22-9)15-11(17)5-1-2-5/h3-5,16H,1-2H2,(H,15,17)(H,18,19)(H,20,21). The highest BCUT2D eigenvalue weighted by molar-refractivity contribution is 7.23. The van der Waals surface area contributed by atoms with Gasteiger partial charge in [0.1, 0.15) is 21.9 Å². The average Bonchev–Trinajstić information content (AvgIpc) is 3.20. The van der Waals surface area contributed by atoms with Crippen LogP contribution in [0, 0.1) is 5.92 Å². The van der Waals surface area contributed by atoms with Crippen LogP contribution in [-0.2, 0) is 4.79 Å². The number of carboxylic acid groups (broad SMARTS) is 2. The fourth-order valence-electron chi connectivity index (χ4n) is 2.16. The Balaban J connectivity index is 2.15. The molecule has 1 aromatic heterocycles. The van der Waals surface area contributed by atoms with E-state index in [2.05, 4.69) is 5.32 Å². The number of benzene rings is 1. The third-order valence-corrected chi connectivity index (χ3v) is 4.50. The third kappa shape index (κ3) is 2.37. The Morgan fingerprint density at radius 1 is 1.14 bits per heavy atom. The topological polar surface area (TPSA) is 124 Å². The molecular weight excluding hydrogens is 310 g/mol. The minimum absolute atomic E-state index is 0.0881. The zero-order valence-electron chi connectivity index (χ0n) is 11.1. The van der Waals surface area contributed by atoms with Crippen molar-refractivity contribution >= 4 is 44.3 Å². The smallest absolute Gasteiger partial charge is 0.339 e. The fourth-order valence-corrected chi connectivity index (χ4v) is 3.28. The summed E-state index contributed by atoms with van der Waals surface area (Å²) in [6.45, 7) is 0. The Hall–Kier alpha value is -2.61. The van der Waals surface area contributed by atoms with E-state index in [9.17, 15) is 24.6 Å². The second-order valence-electron chi connectivity index (χ2n) is 5.05. The number of aromatic hydroxyl groups is 1. The number of anilines is 1. The Morgan fingerprint density at radius 3 is 2.36 bits per heavy atom. The van der Waals surface area contributed by atoms with Gasteiger partial charge in [0.2, 0.25) is 5.91 Å². The molecule has 0 spiro atoms. The number of rotatable bonds is 4. The van der Waals surface area contributed by atoms with Gasteiger partial charge in [0.25, 0.3) is 0 Å². The zero-order valence-corrected chi connectivity index (χ0v) is 11.9. The van der Waals surface area contributed by atoms with Crippen molar-refractivity contribution in [2.45, 2.75) is 12.8 Å². The number of thiophene rings is 1. The van der Waals surface area contributed by atoms with E-state index in [0.717, 1.165) is 30.2 Å². The Morgan fingerprint density at radius 2 is 1.82 bits per heavy atom. The normalized spacial score (nSPS) is 14.0. The van der Waals surface area contributed by atoms with Gasteiger partial charge in [-0.3, -0.25) is 4.79 Å². The molecule has 0 bridgehead atoms. The molecule has 0 radical (unpaired) electrons. The van der Waals surface area contributed by atoms with Crippen LogP contribution >= 0.6 is 11.3 Å². The predicted molar refractivity (Wildman–Crippen MR) is 78.8 cm³/mol. The summed E-state index contributed by atoms with van der Waals surface area (Å²) in [5.74, 6) is -3.39. The number of hydrogen-bond donors (Lipinski definition) is 4. The molecular formula is C14H11NO6S. The number of aromatic carboxylic acids is 2. The highest BCUT2D eigenvalue weighted by atomic mass is 32.1. The van der Waals surface area contributed by atoms with Gasteiger partial charge in [-0.1, -0.05) is 0 Å². The zero-order chi connectivity index (χ0) is 16.0. The number of fused-ring (bicyclic) bond motifs is 1. The van der Waals surface area contributed by atoms with Gasteiger partial charge in [0.05, 0.1) is 0 Å². The number of amides is 1. The summed E-state index contributed by atoms with van der Waals surface area (Å²) in [5, 5.41) is 31.0. The van der Waals surface area contributed by atoms with Gasteiger partial charge in [0.15, 0.2) is 0 Å². The van der Waals surface area contributed by atoms with Crippen molar-refractivity contribution in [2.24, 2.45) is 5.92 Å². The lowest BCUT2D eigenvalue weighted by Gasteiger charge is -2.03. The first kappa shape index (κ1) is 14.3. The molecule has 2 aromatic rings. The number of carbonyl (C=O) groups is 3. The molecule has 1 heterocycles. The fraction of sp³-hybridized carbons (Fsp3) is 0.214. The molecule has 1 aliphatic rings. The summed E-state index contributed by atoms with van der Waals surface area (Å²) in [6, 6.07) is 2.31. The van der Waals surface area contributed by atoms with Crippen LogP contribution in [0.5, 0.6) is 5.75 Å². The number of phenols is 1. The van der Waals surface area contributed by atoms with Crippen LogP contribution in [0.3, 0.4) is 0 Å². The first-order chi connectivity index (χ1) is 10.4. The quantitative estimate of drug-likeness (QED) is 0.685. The molecule has 8 heteroatoms. The Kier molecular flexibility index (Phi) is 3.25. The monoisotopic (exact) mass is 321 g/mol. The molecule has 1 fully saturated rings. The largest absolute Gasteiger partial charge is 0.507 e. The second-order valence-corrected chi connectivity index (χ2v) is 6.10. The lowest BCUT2D eigenvalue weighted by Crippen LogP contribution is -2.14. The lowest BCUT2D eigenvalue weighted by molar-refractivity contribution is -0.117. The summed E-state index contributed by atoms with van der Waals surface area (Å²) < 4.78 is 0.394. The molecule has 0 saturated heterocycles. The van der Waals surface area contributed by atoms with Crippen molar-refractivity contribution in [1.82, 2.24) is 0 Å². The first-order valence-corrected chi connectivity index (χ1v) is 7.27. The van der Waals surface area contributed by atoms with Crippen molar-refractivity contribution in [1.29, 1.82) is 0 Å². The third-order valence-electron chi connectivity index (χ3n) is 3.44. The van der Waals surface area contributed by atoms with Crippen molar-refractivity contribution in [3.63, 3.8) is 0 Å². The van der Waals surface area contributed by atoms with Crippen LogP contribution in [0.2, 0.25) is 0 Å². The maximum Gasteiger partial charge on any atom is 0.339 e. The average molecular weight is 321 g/mol. The second kappa shape index (κ2) is 4.99. The molecule has 22 heavy (non-hydrogen) atoms. The summed E-state index contributed by atoms with van der Waals surface area (Å²) in [4.78, 5) is 34.4. The van der Waals surface area contributed by atoms with Gasteiger partial charge in [0, 0.05) is 16.0 Å². The molecule has 1 saturated carbocycles. The van der Waals surface area contributed by atoms with Crippen LogP contribution < -0.4 is 5.32 Å². The van der Waals surface area contributed by atoms with Gasteiger partial charge in [-0.15, -0.1) is 11.3 Å². The van der Waals surface area contributed by atoms with E-state index in [-0.39, 0.29) is 33.3 Å². The van der Waals surface area contributed by atoms with Crippen LogP contribution in [0.15, 0.2) is 12.1 Å². The Labute approximate surface area is 127 Å². The Bertz CT molecular complexity index is 820. The molecule has 0 unspecified atom stereocenters. The van der Waals surface area contributed by atoms with Gasteiger partial charge >= 0.3 is 11.9 Å².